The van der Waals surface area contributed by atoms with Gasteiger partial charge < -0.3 is 9.84 Å². The average molecular weight is 292 g/mol. The summed E-state index contributed by atoms with van der Waals surface area (Å²) in [6.07, 6.45) is 2.68. The number of aliphatic hydroxyl groups excluding tert-OH is 1. The van der Waals surface area contributed by atoms with Crippen molar-refractivity contribution >= 4 is 0 Å². The Labute approximate surface area is 125 Å². The molecule has 2 heterocycles. The van der Waals surface area contributed by atoms with Gasteiger partial charge in [0.25, 0.3) is 0 Å². The van der Waals surface area contributed by atoms with E-state index < -0.39 is 6.10 Å². The lowest BCUT2D eigenvalue weighted by atomic mass is 9.87. The van der Waals surface area contributed by atoms with Gasteiger partial charge in [0, 0.05) is 30.8 Å². The highest BCUT2D eigenvalue weighted by atomic mass is 16.5. The molecule has 6 heteroatoms. The van der Waals surface area contributed by atoms with Gasteiger partial charge in [-0.15, -0.1) is 0 Å². The van der Waals surface area contributed by atoms with Gasteiger partial charge in [0.1, 0.15) is 11.8 Å². The predicted molar refractivity (Wildman–Crippen MR) is 80.4 cm³/mol. The van der Waals surface area contributed by atoms with Gasteiger partial charge in [-0.3, -0.25) is 9.36 Å². The minimum Gasteiger partial charge on any atom is -0.493 e. The van der Waals surface area contributed by atoms with Crippen LogP contribution in [-0.4, -0.2) is 31.8 Å². The molecule has 2 rings (SSSR count). The number of nitrogens with zero attached hydrogens (tertiary/aromatic N) is 4. The number of rotatable bonds is 4. The van der Waals surface area contributed by atoms with Gasteiger partial charge >= 0.3 is 0 Å². The molecule has 0 aliphatic carbocycles. The van der Waals surface area contributed by atoms with Crippen LogP contribution in [0.1, 0.15) is 50.8 Å². The van der Waals surface area contributed by atoms with Crippen LogP contribution in [0.15, 0.2) is 12.4 Å². The number of ether oxygens (including phenoxy) is 1. The maximum absolute atomic E-state index is 10.9. The number of hydrogen-bond donors (Lipinski definition) is 1. The molecule has 1 N–H and O–H groups in total. The van der Waals surface area contributed by atoms with Gasteiger partial charge in [0.05, 0.1) is 19.0 Å². The number of hydrogen-bond acceptors (Lipinski definition) is 4. The lowest BCUT2D eigenvalue weighted by Crippen LogP contribution is -2.18. The van der Waals surface area contributed by atoms with Crippen molar-refractivity contribution in [1.82, 2.24) is 19.6 Å². The van der Waals surface area contributed by atoms with E-state index in [1.807, 2.05) is 20.2 Å². The standard InChI is InChI=1S/C15H24N4O2/c1-7-19-12(11(21-6)8-16-19)13(20)10-9-18(5)17-14(10)15(2,3)4/h8-9,13,20H,7H2,1-6H3. The van der Waals surface area contributed by atoms with E-state index in [9.17, 15) is 5.11 Å². The van der Waals surface area contributed by atoms with Crippen LogP contribution in [0.3, 0.4) is 0 Å². The molecule has 0 radical (unpaired) electrons. The molecule has 0 aliphatic heterocycles. The van der Waals surface area contributed by atoms with Crippen molar-refractivity contribution in [3.8, 4) is 5.75 Å². The van der Waals surface area contributed by atoms with Crippen LogP contribution in [0.5, 0.6) is 5.75 Å². The molecule has 0 amide bonds. The zero-order valence-corrected chi connectivity index (χ0v) is 13.6. The molecule has 116 valence electrons. The average Bonchev–Trinajstić information content (AvgIpc) is 2.99. The van der Waals surface area contributed by atoms with Crippen LogP contribution in [0, 0.1) is 0 Å². The third-order valence-electron chi connectivity index (χ3n) is 3.49. The summed E-state index contributed by atoms with van der Waals surface area (Å²) in [5.74, 6) is 0.591. The second-order valence-corrected chi connectivity index (χ2v) is 6.17. The third-order valence-corrected chi connectivity index (χ3v) is 3.49. The Morgan fingerprint density at radius 2 is 2.05 bits per heavy atom. The molecular formula is C15H24N4O2. The second kappa shape index (κ2) is 5.52. The highest BCUT2D eigenvalue weighted by Gasteiger charge is 2.30. The van der Waals surface area contributed by atoms with Gasteiger partial charge in [-0.05, 0) is 6.92 Å². The van der Waals surface area contributed by atoms with Crippen molar-refractivity contribution in [3.05, 3.63) is 29.3 Å². The number of methoxy groups -OCH3 is 1. The fourth-order valence-electron chi connectivity index (χ4n) is 2.50. The normalized spacial score (nSPS) is 13.5. The first kappa shape index (κ1) is 15.6. The summed E-state index contributed by atoms with van der Waals surface area (Å²) < 4.78 is 8.82. The molecular weight excluding hydrogens is 268 g/mol. The maximum atomic E-state index is 10.9. The van der Waals surface area contributed by atoms with E-state index in [0.29, 0.717) is 18.0 Å². The molecule has 0 spiro atoms. The lowest BCUT2D eigenvalue weighted by molar-refractivity contribution is 0.200. The minimum atomic E-state index is -0.815. The Kier molecular flexibility index (Phi) is 4.09. The summed E-state index contributed by atoms with van der Waals surface area (Å²) in [5.41, 5.74) is 2.18. The Hall–Kier alpha value is -1.82. The molecule has 0 saturated heterocycles. The molecule has 0 bridgehead atoms. The topological polar surface area (TPSA) is 65.1 Å². The summed E-state index contributed by atoms with van der Waals surface area (Å²) in [6, 6.07) is 0. The van der Waals surface area contributed by atoms with E-state index >= 15 is 0 Å². The third kappa shape index (κ3) is 2.81. The molecule has 0 fully saturated rings. The Bertz CT molecular complexity index is 601. The smallest absolute Gasteiger partial charge is 0.163 e. The van der Waals surface area contributed by atoms with E-state index in [0.717, 1.165) is 11.3 Å². The Morgan fingerprint density at radius 1 is 1.38 bits per heavy atom. The van der Waals surface area contributed by atoms with Crippen LogP contribution in [-0.2, 0) is 19.0 Å². The molecule has 6 nitrogen and oxygen atoms in total. The molecule has 2 aromatic rings. The summed E-state index contributed by atoms with van der Waals surface area (Å²) >= 11 is 0. The van der Waals surface area contributed by atoms with Crippen LogP contribution in [0.25, 0.3) is 0 Å². The molecule has 0 aromatic carbocycles. The number of aromatic nitrogens is 4. The summed E-state index contributed by atoms with van der Waals surface area (Å²) in [6.45, 7) is 8.90. The first-order valence-corrected chi connectivity index (χ1v) is 7.11. The first-order chi connectivity index (χ1) is 9.79. The molecule has 1 atom stereocenters. The van der Waals surface area contributed by atoms with Crippen molar-refractivity contribution in [1.29, 1.82) is 0 Å². The quantitative estimate of drug-likeness (QED) is 0.936. The van der Waals surface area contributed by atoms with Crippen LogP contribution >= 0.6 is 0 Å². The van der Waals surface area contributed by atoms with E-state index in [1.165, 1.54) is 0 Å². The number of aliphatic hydroxyl groups is 1. The van der Waals surface area contributed by atoms with Crippen molar-refractivity contribution in [2.45, 2.75) is 45.8 Å². The molecule has 21 heavy (non-hydrogen) atoms. The second-order valence-electron chi connectivity index (χ2n) is 6.17. The predicted octanol–water partition coefficient (Wildman–Crippen LogP) is 2.02. The largest absolute Gasteiger partial charge is 0.493 e. The summed E-state index contributed by atoms with van der Waals surface area (Å²) in [5, 5.41) is 19.6. The van der Waals surface area contributed by atoms with Gasteiger partial charge in [0.2, 0.25) is 0 Å². The molecule has 2 aromatic heterocycles. The number of aryl methyl sites for hydroxylation is 2. The Balaban J connectivity index is 2.55. The highest BCUT2D eigenvalue weighted by molar-refractivity contribution is 5.37. The maximum Gasteiger partial charge on any atom is 0.163 e. The van der Waals surface area contributed by atoms with Crippen molar-refractivity contribution in [2.24, 2.45) is 7.05 Å². The van der Waals surface area contributed by atoms with Gasteiger partial charge in [-0.1, -0.05) is 20.8 Å². The monoisotopic (exact) mass is 292 g/mol. The lowest BCUT2D eigenvalue weighted by Gasteiger charge is -2.20. The minimum absolute atomic E-state index is 0.151. The van der Waals surface area contributed by atoms with Gasteiger partial charge in [0.15, 0.2) is 5.75 Å². The molecule has 1 unspecified atom stereocenters. The van der Waals surface area contributed by atoms with Crippen molar-refractivity contribution in [2.75, 3.05) is 7.11 Å². The fourth-order valence-corrected chi connectivity index (χ4v) is 2.50. The first-order valence-electron chi connectivity index (χ1n) is 7.11. The Morgan fingerprint density at radius 3 is 2.57 bits per heavy atom. The van der Waals surface area contributed by atoms with Crippen LogP contribution < -0.4 is 4.74 Å². The summed E-state index contributed by atoms with van der Waals surface area (Å²) in [4.78, 5) is 0. The van der Waals surface area contributed by atoms with E-state index in [4.69, 9.17) is 4.74 Å². The van der Waals surface area contributed by atoms with Crippen LogP contribution in [0.4, 0.5) is 0 Å². The van der Waals surface area contributed by atoms with E-state index in [1.54, 1.807) is 22.7 Å². The SMILES string of the molecule is CCn1ncc(OC)c1C(O)c1cn(C)nc1C(C)(C)C. The molecule has 0 aliphatic rings. The highest BCUT2D eigenvalue weighted by Crippen LogP contribution is 2.35. The van der Waals surface area contributed by atoms with Crippen molar-refractivity contribution < 1.29 is 9.84 Å². The van der Waals surface area contributed by atoms with E-state index in [2.05, 4.69) is 31.0 Å². The van der Waals surface area contributed by atoms with Crippen molar-refractivity contribution in [3.63, 3.8) is 0 Å². The van der Waals surface area contributed by atoms with E-state index in [-0.39, 0.29) is 5.41 Å². The molecule has 0 saturated carbocycles. The summed E-state index contributed by atoms with van der Waals surface area (Å²) in [7, 11) is 3.45. The fraction of sp³-hybridized carbons (Fsp3) is 0.600. The van der Waals surface area contributed by atoms with Gasteiger partial charge in [-0.25, -0.2) is 0 Å². The van der Waals surface area contributed by atoms with Crippen LogP contribution in [0.2, 0.25) is 0 Å². The van der Waals surface area contributed by atoms with Gasteiger partial charge in [-0.2, -0.15) is 10.2 Å². The zero-order valence-electron chi connectivity index (χ0n) is 13.6. The zero-order chi connectivity index (χ0) is 15.8.